The van der Waals surface area contributed by atoms with E-state index in [-0.39, 0.29) is 5.41 Å². The second-order valence-electron chi connectivity index (χ2n) is 16.9. The summed E-state index contributed by atoms with van der Waals surface area (Å²) in [4.78, 5) is 10.5. The van der Waals surface area contributed by atoms with Crippen molar-refractivity contribution in [2.75, 3.05) is 0 Å². The molecule has 0 fully saturated rings. The molecule has 288 valence electrons. The predicted molar refractivity (Wildman–Crippen MR) is 249 cm³/mol. The van der Waals surface area contributed by atoms with Gasteiger partial charge in [0.1, 0.15) is 11.5 Å². The lowest BCUT2D eigenvalue weighted by molar-refractivity contribution is 0.425. The molecule has 3 nitrogen and oxygen atoms in total. The van der Waals surface area contributed by atoms with Crippen LogP contribution in [-0.2, 0) is 10.8 Å². The molecule has 2 heterocycles. The maximum Gasteiger partial charge on any atom is 0.160 e. The normalized spacial score (nSPS) is 14.1. The Morgan fingerprint density at radius 3 is 1.70 bits per heavy atom. The lowest BCUT2D eigenvalue weighted by Gasteiger charge is -2.50. The minimum Gasteiger partial charge on any atom is -0.457 e. The molecule has 1 aliphatic heterocycles. The molecule has 61 heavy (non-hydrogen) atoms. The molecule has 9 aromatic carbocycles. The molecule has 3 heteroatoms. The van der Waals surface area contributed by atoms with Crippen LogP contribution in [0.25, 0.3) is 66.6 Å². The van der Waals surface area contributed by atoms with Crippen molar-refractivity contribution in [2.45, 2.75) is 24.7 Å². The van der Waals surface area contributed by atoms with Gasteiger partial charge in [0.15, 0.2) is 5.82 Å². The van der Waals surface area contributed by atoms with Gasteiger partial charge >= 0.3 is 0 Å². The third-order valence-electron chi connectivity index (χ3n) is 13.2. The Morgan fingerprint density at radius 2 is 0.934 bits per heavy atom. The van der Waals surface area contributed by atoms with E-state index in [4.69, 9.17) is 14.7 Å². The second-order valence-corrected chi connectivity index (χ2v) is 16.9. The van der Waals surface area contributed by atoms with Gasteiger partial charge in [0.05, 0.1) is 16.8 Å². The monoisotopic (exact) mass is 780 g/mol. The third-order valence-corrected chi connectivity index (χ3v) is 13.2. The number of hydrogen-bond donors (Lipinski definition) is 0. The van der Waals surface area contributed by atoms with E-state index in [1.807, 2.05) is 18.2 Å². The number of hydrogen-bond acceptors (Lipinski definition) is 3. The minimum atomic E-state index is -0.585. The molecule has 0 atom stereocenters. The van der Waals surface area contributed by atoms with Gasteiger partial charge in [-0.15, -0.1) is 0 Å². The Labute approximate surface area is 355 Å². The molecule has 2 aliphatic rings. The standard InChI is InChI=1S/C58H40N2O/c1-57(2)46-23-8-9-24-47(46)58(48-25-10-12-28-53(48)61-54-29-13-11-26-49(54)58)50-27-15-22-45(55(50)57)39-19-14-20-41(34-39)51-36-52(60-56(59-51)38-17-4-3-5-18-38)42-32-33-44-40(35-42)31-30-37-16-6-7-21-43(37)44/h3-36H,1-2H3. The van der Waals surface area contributed by atoms with E-state index in [9.17, 15) is 0 Å². The van der Waals surface area contributed by atoms with E-state index in [0.29, 0.717) is 5.82 Å². The highest BCUT2D eigenvalue weighted by molar-refractivity contribution is 6.08. The van der Waals surface area contributed by atoms with Gasteiger partial charge in [-0.25, -0.2) is 9.97 Å². The van der Waals surface area contributed by atoms with Crippen LogP contribution < -0.4 is 4.74 Å². The van der Waals surface area contributed by atoms with E-state index >= 15 is 0 Å². The molecule has 0 saturated carbocycles. The summed E-state index contributed by atoms with van der Waals surface area (Å²) in [5.74, 6) is 2.48. The van der Waals surface area contributed by atoms with Crippen LogP contribution in [0.5, 0.6) is 11.5 Å². The Hall–Kier alpha value is -7.62. The largest absolute Gasteiger partial charge is 0.457 e. The average molecular weight is 781 g/mol. The number of nitrogens with zero attached hydrogens (tertiary/aromatic N) is 2. The van der Waals surface area contributed by atoms with Gasteiger partial charge in [-0.05, 0) is 85.3 Å². The number of para-hydroxylation sites is 2. The summed E-state index contributed by atoms with van der Waals surface area (Å²) >= 11 is 0. The van der Waals surface area contributed by atoms with Crippen LogP contribution in [0.3, 0.4) is 0 Å². The first-order chi connectivity index (χ1) is 30.0. The number of fused-ring (bicyclic) bond motifs is 11. The van der Waals surface area contributed by atoms with Gasteiger partial charge in [-0.3, -0.25) is 0 Å². The molecule has 0 bridgehead atoms. The van der Waals surface area contributed by atoms with Gasteiger partial charge in [0, 0.05) is 33.2 Å². The summed E-state index contributed by atoms with van der Waals surface area (Å²) in [6.07, 6.45) is 0. The lowest BCUT2D eigenvalue weighted by atomic mass is 9.53. The molecule has 12 rings (SSSR count). The topological polar surface area (TPSA) is 35.0 Å². The Morgan fingerprint density at radius 1 is 0.377 bits per heavy atom. The zero-order chi connectivity index (χ0) is 40.7. The smallest absolute Gasteiger partial charge is 0.160 e. The molecule has 10 aromatic rings. The van der Waals surface area contributed by atoms with Crippen molar-refractivity contribution in [1.82, 2.24) is 9.97 Å². The summed E-state index contributed by atoms with van der Waals surface area (Å²) in [5.41, 5.74) is 13.8. The fraction of sp³-hybridized carbons (Fsp3) is 0.0690. The van der Waals surface area contributed by atoms with Crippen LogP contribution in [0.2, 0.25) is 0 Å². The van der Waals surface area contributed by atoms with Crippen molar-refractivity contribution in [3.8, 4) is 56.5 Å². The van der Waals surface area contributed by atoms with Gasteiger partial charge in [0.2, 0.25) is 0 Å². The third kappa shape index (κ3) is 5.30. The quantitative estimate of drug-likeness (QED) is 0.167. The van der Waals surface area contributed by atoms with Gasteiger partial charge in [-0.2, -0.15) is 0 Å². The molecule has 0 N–H and O–H groups in total. The lowest BCUT2D eigenvalue weighted by Crippen LogP contribution is -2.43. The Balaban J connectivity index is 1.06. The van der Waals surface area contributed by atoms with E-state index in [0.717, 1.165) is 56.3 Å². The molecule has 0 amide bonds. The summed E-state index contributed by atoms with van der Waals surface area (Å²) in [6, 6.07) is 74.2. The molecule has 0 unspecified atom stereocenters. The van der Waals surface area contributed by atoms with Gasteiger partial charge < -0.3 is 4.74 Å². The Kier molecular flexibility index (Phi) is 7.79. The predicted octanol–water partition coefficient (Wildman–Crippen LogP) is 14.6. The highest BCUT2D eigenvalue weighted by atomic mass is 16.5. The summed E-state index contributed by atoms with van der Waals surface area (Å²) < 4.78 is 6.68. The first kappa shape index (κ1) is 35.3. The zero-order valence-corrected chi connectivity index (χ0v) is 33.9. The SMILES string of the molecule is CC1(C)c2ccccc2C2(c3ccccc3Oc3ccccc32)c2cccc(-c3cccc(-c4cc(-c5ccc6c(ccc7ccccc76)c5)nc(-c5ccccc5)n4)c3)c21. The van der Waals surface area contributed by atoms with Crippen molar-refractivity contribution >= 4 is 21.5 Å². The van der Waals surface area contributed by atoms with Crippen LogP contribution in [0.15, 0.2) is 206 Å². The van der Waals surface area contributed by atoms with E-state index in [1.165, 1.54) is 49.4 Å². The molecule has 1 aliphatic carbocycles. The maximum atomic E-state index is 6.68. The van der Waals surface area contributed by atoms with Crippen molar-refractivity contribution in [3.63, 3.8) is 0 Å². The van der Waals surface area contributed by atoms with E-state index in [2.05, 4.69) is 202 Å². The Bertz CT molecular complexity index is 3340. The van der Waals surface area contributed by atoms with Crippen molar-refractivity contribution in [1.29, 1.82) is 0 Å². The van der Waals surface area contributed by atoms with E-state index < -0.39 is 5.41 Å². The number of ether oxygens (including phenoxy) is 1. The fourth-order valence-electron chi connectivity index (χ4n) is 10.5. The molecule has 0 radical (unpaired) electrons. The minimum absolute atomic E-state index is 0.323. The fourth-order valence-corrected chi connectivity index (χ4v) is 10.5. The van der Waals surface area contributed by atoms with Gasteiger partial charge in [0.25, 0.3) is 0 Å². The van der Waals surface area contributed by atoms with E-state index in [1.54, 1.807) is 0 Å². The van der Waals surface area contributed by atoms with Crippen LogP contribution in [0.1, 0.15) is 47.2 Å². The van der Waals surface area contributed by atoms with Crippen molar-refractivity contribution in [3.05, 3.63) is 240 Å². The van der Waals surface area contributed by atoms with Crippen molar-refractivity contribution in [2.24, 2.45) is 0 Å². The summed E-state index contributed by atoms with van der Waals surface area (Å²) in [6.45, 7) is 4.77. The summed E-state index contributed by atoms with van der Waals surface area (Å²) in [5, 5.41) is 4.91. The molecular weight excluding hydrogens is 741 g/mol. The number of aromatic nitrogens is 2. The van der Waals surface area contributed by atoms with Crippen LogP contribution in [-0.4, -0.2) is 9.97 Å². The molecular formula is C58H40N2O. The van der Waals surface area contributed by atoms with Crippen LogP contribution in [0.4, 0.5) is 0 Å². The van der Waals surface area contributed by atoms with Crippen molar-refractivity contribution < 1.29 is 4.74 Å². The molecule has 0 saturated heterocycles. The zero-order valence-electron chi connectivity index (χ0n) is 33.9. The first-order valence-corrected chi connectivity index (χ1v) is 21.1. The van der Waals surface area contributed by atoms with Gasteiger partial charge in [-0.1, -0.05) is 190 Å². The number of benzene rings is 9. The van der Waals surface area contributed by atoms with Crippen LogP contribution >= 0.6 is 0 Å². The second kappa shape index (κ2) is 13.5. The maximum absolute atomic E-state index is 6.68. The highest BCUT2D eigenvalue weighted by Gasteiger charge is 2.53. The number of rotatable bonds is 4. The average Bonchev–Trinajstić information content (AvgIpc) is 3.32. The summed E-state index contributed by atoms with van der Waals surface area (Å²) in [7, 11) is 0. The highest BCUT2D eigenvalue weighted by Crippen LogP contribution is 2.62. The molecule has 1 spiro atoms. The van der Waals surface area contributed by atoms with Crippen LogP contribution in [0, 0.1) is 0 Å². The first-order valence-electron chi connectivity index (χ1n) is 21.1. The molecule has 1 aromatic heterocycles.